The summed E-state index contributed by atoms with van der Waals surface area (Å²) in [6, 6.07) is 15.9. The van der Waals surface area contributed by atoms with Gasteiger partial charge in [0.15, 0.2) is 5.65 Å². The fourth-order valence-electron chi connectivity index (χ4n) is 4.84. The number of nitrogens with one attached hydrogen (secondary N) is 1. The van der Waals surface area contributed by atoms with E-state index in [4.69, 9.17) is 4.98 Å². The maximum Gasteiger partial charge on any atom is 0.280 e. The van der Waals surface area contributed by atoms with Crippen molar-refractivity contribution in [2.75, 3.05) is 18.0 Å². The number of H-pyrrole nitrogens is 1. The molecule has 0 atom stereocenters. The minimum absolute atomic E-state index is 0.110. The molecule has 0 spiro atoms. The third-order valence-corrected chi connectivity index (χ3v) is 6.43. The minimum Gasteiger partial charge on any atom is -0.367 e. The summed E-state index contributed by atoms with van der Waals surface area (Å²) in [6.07, 6.45) is 6.86. The van der Waals surface area contributed by atoms with Crippen molar-refractivity contribution in [1.29, 1.82) is 0 Å². The van der Waals surface area contributed by atoms with Crippen molar-refractivity contribution in [1.82, 2.24) is 24.6 Å². The molecule has 0 bridgehead atoms. The van der Waals surface area contributed by atoms with Gasteiger partial charge in [0.1, 0.15) is 5.69 Å². The van der Waals surface area contributed by atoms with Crippen LogP contribution in [-0.2, 0) is 0 Å². The molecule has 5 aromatic rings. The molecule has 1 aliphatic heterocycles. The van der Waals surface area contributed by atoms with E-state index in [0.717, 1.165) is 59.5 Å². The van der Waals surface area contributed by atoms with Crippen LogP contribution >= 0.6 is 0 Å². The number of nitrogens with zero attached hydrogens (tertiary/aromatic N) is 5. The lowest BCUT2D eigenvalue weighted by Gasteiger charge is -2.28. The standard InChI is InChI=1S/C26H24N6O/c1-17-22(19-10-11-20-21(16-19)28-13-12-27-20)26(33)32-25(29-17)24(31-14-6-3-7-15-31)23(30-32)18-8-4-2-5-9-18/h2,4-5,8-13,16,30H,3,6-7,14-15H2,1H3. The molecule has 1 fully saturated rings. The highest BCUT2D eigenvalue weighted by atomic mass is 16.1. The Morgan fingerprint density at radius 3 is 2.42 bits per heavy atom. The van der Waals surface area contributed by atoms with Crippen molar-refractivity contribution >= 4 is 22.4 Å². The second kappa shape index (κ2) is 7.85. The Hall–Kier alpha value is -4.00. The molecule has 0 saturated carbocycles. The molecule has 0 unspecified atom stereocenters. The average molecular weight is 437 g/mol. The first kappa shape index (κ1) is 19.7. The van der Waals surface area contributed by atoms with Gasteiger partial charge in [-0.05, 0) is 43.9 Å². The number of hydrogen-bond donors (Lipinski definition) is 1. The molecule has 4 heterocycles. The number of fused-ring (bicyclic) bond motifs is 2. The van der Waals surface area contributed by atoms with Gasteiger partial charge in [-0.1, -0.05) is 36.4 Å². The first-order valence-electron chi connectivity index (χ1n) is 11.4. The first-order valence-corrected chi connectivity index (χ1v) is 11.4. The summed E-state index contributed by atoms with van der Waals surface area (Å²) in [5.41, 5.74) is 7.19. The topological polar surface area (TPSA) is 79.2 Å². The number of piperidine rings is 1. The van der Waals surface area contributed by atoms with Crippen molar-refractivity contribution in [3.05, 3.63) is 77.0 Å². The van der Waals surface area contributed by atoms with E-state index in [1.54, 1.807) is 16.9 Å². The number of benzene rings is 2. The maximum absolute atomic E-state index is 13.8. The summed E-state index contributed by atoms with van der Waals surface area (Å²) in [7, 11) is 0. The summed E-state index contributed by atoms with van der Waals surface area (Å²) < 4.78 is 1.61. The predicted molar refractivity (Wildman–Crippen MR) is 131 cm³/mol. The Kier molecular flexibility index (Phi) is 4.68. The largest absolute Gasteiger partial charge is 0.367 e. The van der Waals surface area contributed by atoms with Gasteiger partial charge in [0.05, 0.1) is 28.0 Å². The summed E-state index contributed by atoms with van der Waals surface area (Å²) in [6.45, 7) is 3.84. The fourth-order valence-corrected chi connectivity index (χ4v) is 4.84. The Balaban J connectivity index is 1.61. The Morgan fingerprint density at radius 1 is 0.879 bits per heavy atom. The molecule has 1 aliphatic rings. The third kappa shape index (κ3) is 3.28. The Bertz CT molecular complexity index is 1530. The molecule has 1 N–H and O–H groups in total. The van der Waals surface area contributed by atoms with Crippen molar-refractivity contribution in [3.8, 4) is 22.4 Å². The molecule has 0 amide bonds. The van der Waals surface area contributed by atoms with E-state index in [0.29, 0.717) is 16.9 Å². The monoisotopic (exact) mass is 436 g/mol. The van der Waals surface area contributed by atoms with E-state index >= 15 is 0 Å². The van der Waals surface area contributed by atoms with Gasteiger partial charge in [-0.2, -0.15) is 4.52 Å². The molecule has 33 heavy (non-hydrogen) atoms. The smallest absolute Gasteiger partial charge is 0.280 e. The second-order valence-electron chi connectivity index (χ2n) is 8.55. The highest BCUT2D eigenvalue weighted by molar-refractivity contribution is 5.87. The zero-order chi connectivity index (χ0) is 22.4. The average Bonchev–Trinajstić information content (AvgIpc) is 3.24. The van der Waals surface area contributed by atoms with E-state index < -0.39 is 0 Å². The van der Waals surface area contributed by atoms with Crippen molar-refractivity contribution < 1.29 is 0 Å². The van der Waals surface area contributed by atoms with E-state index in [-0.39, 0.29) is 5.56 Å². The molecule has 7 nitrogen and oxygen atoms in total. The van der Waals surface area contributed by atoms with Gasteiger partial charge >= 0.3 is 0 Å². The van der Waals surface area contributed by atoms with Crippen LogP contribution in [0.5, 0.6) is 0 Å². The van der Waals surface area contributed by atoms with Crippen LogP contribution in [0.15, 0.2) is 65.7 Å². The highest BCUT2D eigenvalue weighted by Gasteiger charge is 2.25. The van der Waals surface area contributed by atoms with Gasteiger partial charge in [0, 0.05) is 31.0 Å². The van der Waals surface area contributed by atoms with Gasteiger partial charge in [0.25, 0.3) is 5.56 Å². The molecule has 2 aromatic carbocycles. The van der Waals surface area contributed by atoms with Gasteiger partial charge < -0.3 is 4.90 Å². The molecule has 1 saturated heterocycles. The lowest BCUT2D eigenvalue weighted by Crippen LogP contribution is -2.30. The second-order valence-corrected chi connectivity index (χ2v) is 8.55. The van der Waals surface area contributed by atoms with Crippen molar-refractivity contribution in [2.45, 2.75) is 26.2 Å². The van der Waals surface area contributed by atoms with E-state index in [1.165, 1.54) is 6.42 Å². The fraction of sp³-hybridized carbons (Fsp3) is 0.231. The lowest BCUT2D eigenvalue weighted by molar-refractivity contribution is 0.579. The quantitative estimate of drug-likeness (QED) is 0.447. The first-order chi connectivity index (χ1) is 16.2. The molecule has 3 aromatic heterocycles. The summed E-state index contributed by atoms with van der Waals surface area (Å²) in [5, 5.41) is 3.39. The SMILES string of the molecule is Cc1nc2c(N3CCCCC3)c(-c3ccccc3)[nH]n2c(=O)c1-c1ccc2nccnc2c1. The number of aromatic amines is 1. The molecule has 7 heteroatoms. The summed E-state index contributed by atoms with van der Waals surface area (Å²) in [4.78, 5) is 29.9. The van der Waals surface area contributed by atoms with Crippen LogP contribution in [0.25, 0.3) is 39.1 Å². The number of rotatable bonds is 3. The molecule has 6 rings (SSSR count). The maximum atomic E-state index is 13.8. The summed E-state index contributed by atoms with van der Waals surface area (Å²) in [5.74, 6) is 0. The minimum atomic E-state index is -0.110. The van der Waals surface area contributed by atoms with Gasteiger partial charge in [0.2, 0.25) is 0 Å². The third-order valence-electron chi connectivity index (χ3n) is 6.43. The van der Waals surface area contributed by atoms with E-state index in [2.05, 4.69) is 32.1 Å². The number of hydrogen-bond acceptors (Lipinski definition) is 5. The predicted octanol–water partition coefficient (Wildman–Crippen LogP) is 4.60. The zero-order valence-corrected chi connectivity index (χ0v) is 18.5. The molecule has 0 radical (unpaired) electrons. The Morgan fingerprint density at radius 2 is 1.64 bits per heavy atom. The number of aromatic nitrogens is 5. The highest BCUT2D eigenvalue weighted by Crippen LogP contribution is 2.35. The molecule has 164 valence electrons. The number of aryl methyl sites for hydroxylation is 1. The van der Waals surface area contributed by atoms with Crippen LogP contribution in [0.1, 0.15) is 25.0 Å². The van der Waals surface area contributed by atoms with Gasteiger partial charge in [-0.15, -0.1) is 0 Å². The van der Waals surface area contributed by atoms with Gasteiger partial charge in [-0.25, -0.2) is 4.98 Å². The lowest BCUT2D eigenvalue weighted by atomic mass is 10.0. The molecular weight excluding hydrogens is 412 g/mol. The molecular formula is C26H24N6O. The van der Waals surface area contributed by atoms with Crippen molar-refractivity contribution in [3.63, 3.8) is 0 Å². The van der Waals surface area contributed by atoms with Gasteiger partial charge in [-0.3, -0.25) is 19.9 Å². The van der Waals surface area contributed by atoms with Crippen LogP contribution in [0.3, 0.4) is 0 Å². The van der Waals surface area contributed by atoms with Crippen molar-refractivity contribution in [2.24, 2.45) is 0 Å². The van der Waals surface area contributed by atoms with Crippen LogP contribution < -0.4 is 10.5 Å². The van der Waals surface area contributed by atoms with E-state index in [9.17, 15) is 4.79 Å². The Labute approximate surface area is 190 Å². The zero-order valence-electron chi connectivity index (χ0n) is 18.5. The van der Waals surface area contributed by atoms with Crippen LogP contribution in [-0.4, -0.2) is 37.7 Å². The van der Waals surface area contributed by atoms with E-state index in [1.807, 2.05) is 43.3 Å². The normalized spacial score (nSPS) is 14.3. The van der Waals surface area contributed by atoms with Crippen LogP contribution in [0.2, 0.25) is 0 Å². The number of anilines is 1. The van der Waals surface area contributed by atoms with Crippen LogP contribution in [0, 0.1) is 6.92 Å². The van der Waals surface area contributed by atoms with Crippen LogP contribution in [0.4, 0.5) is 5.69 Å². The molecule has 0 aliphatic carbocycles. The summed E-state index contributed by atoms with van der Waals surface area (Å²) >= 11 is 0.